The highest BCUT2D eigenvalue weighted by Gasteiger charge is 2.35. The number of allylic oxidation sites excluding steroid dienone is 1. The predicted octanol–water partition coefficient (Wildman–Crippen LogP) is 5.39. The number of nitrogens with zero attached hydrogens (tertiary/aromatic N) is 3. The minimum atomic E-state index is -0.441. The van der Waals surface area contributed by atoms with Crippen molar-refractivity contribution in [2.45, 2.75) is 31.2 Å². The van der Waals surface area contributed by atoms with Gasteiger partial charge in [-0.2, -0.15) is 4.98 Å². The van der Waals surface area contributed by atoms with E-state index < -0.39 is 6.04 Å². The highest BCUT2D eigenvalue weighted by molar-refractivity contribution is 7.98. The Labute approximate surface area is 209 Å². The molecule has 184 valence electrons. The van der Waals surface area contributed by atoms with Gasteiger partial charge in [-0.15, -0.1) is 11.8 Å². The lowest BCUT2D eigenvalue weighted by molar-refractivity contribution is 0.136. The summed E-state index contributed by atoms with van der Waals surface area (Å²) in [5, 5.41) is 7.36. The molecule has 2 aromatic carbocycles. The van der Waals surface area contributed by atoms with E-state index >= 15 is 0 Å². The maximum absolute atomic E-state index is 13.1. The lowest BCUT2D eigenvalue weighted by Crippen LogP contribution is -2.46. The number of amides is 2. The zero-order chi connectivity index (χ0) is 24.8. The molecule has 2 heterocycles. The van der Waals surface area contributed by atoms with Crippen molar-refractivity contribution in [3.8, 4) is 17.1 Å². The molecule has 1 aliphatic heterocycles. The fourth-order valence-corrected chi connectivity index (χ4v) is 4.44. The summed E-state index contributed by atoms with van der Waals surface area (Å²) >= 11 is 1.68. The van der Waals surface area contributed by atoms with Crippen LogP contribution in [0.3, 0.4) is 0 Å². The maximum Gasteiger partial charge on any atom is 0.322 e. The van der Waals surface area contributed by atoms with Gasteiger partial charge >= 0.3 is 6.03 Å². The van der Waals surface area contributed by atoms with Crippen molar-refractivity contribution in [3.63, 3.8) is 0 Å². The molecule has 1 unspecified atom stereocenters. The number of methoxy groups -OCH3 is 1. The number of carbonyl (C=O) groups excluding carboxylic acids is 1. The Balaban J connectivity index is 1.71. The smallest absolute Gasteiger partial charge is 0.322 e. The van der Waals surface area contributed by atoms with E-state index in [1.54, 1.807) is 23.8 Å². The third-order valence-corrected chi connectivity index (χ3v) is 6.67. The average Bonchev–Trinajstić information content (AvgIpc) is 3.37. The van der Waals surface area contributed by atoms with Crippen LogP contribution in [-0.2, 0) is 4.74 Å². The molecule has 4 rings (SSSR count). The lowest BCUT2D eigenvalue weighted by atomic mass is 9.94. The third-order valence-electron chi connectivity index (χ3n) is 5.92. The molecule has 2 amide bonds. The molecular formula is C26H30N4O4S. The van der Waals surface area contributed by atoms with Crippen molar-refractivity contribution in [1.29, 1.82) is 0 Å². The second-order valence-electron chi connectivity index (χ2n) is 8.01. The highest BCUT2D eigenvalue weighted by Crippen LogP contribution is 2.38. The summed E-state index contributed by atoms with van der Waals surface area (Å²) in [7, 11) is 1.62. The number of hydrogen-bond donors (Lipinski definition) is 1. The first-order chi connectivity index (χ1) is 17.0. The normalized spacial score (nSPS) is 15.9. The monoisotopic (exact) mass is 494 g/mol. The topological polar surface area (TPSA) is 89.7 Å². The van der Waals surface area contributed by atoms with E-state index in [2.05, 4.69) is 10.5 Å². The lowest BCUT2D eigenvalue weighted by Gasteiger charge is -2.35. The minimum absolute atomic E-state index is 0.170. The third kappa shape index (κ3) is 5.52. The van der Waals surface area contributed by atoms with Gasteiger partial charge in [0.15, 0.2) is 0 Å². The van der Waals surface area contributed by atoms with Crippen LogP contribution >= 0.6 is 11.8 Å². The Bertz CT molecular complexity index is 1170. The first kappa shape index (κ1) is 24.8. The van der Waals surface area contributed by atoms with E-state index in [0.717, 1.165) is 39.5 Å². The van der Waals surface area contributed by atoms with Crippen LogP contribution in [-0.4, -0.2) is 54.2 Å². The molecule has 1 aromatic heterocycles. The number of nitrogens with one attached hydrogen (secondary N) is 1. The standard InChI is InChI=1S/C26H30N4O4S/c1-5-33-16-6-15-30-17(2)22(23(27-26(30)31)18-7-11-20(32-3)12-8-18)25-28-24(29-34-25)19-9-13-21(35-4)14-10-19/h7-14,23H,5-6,15-16H2,1-4H3,(H,27,31). The summed E-state index contributed by atoms with van der Waals surface area (Å²) < 4.78 is 16.5. The number of aromatic nitrogens is 2. The van der Waals surface area contributed by atoms with Crippen molar-refractivity contribution >= 4 is 23.4 Å². The van der Waals surface area contributed by atoms with Crippen LogP contribution in [0.2, 0.25) is 0 Å². The van der Waals surface area contributed by atoms with Crippen molar-refractivity contribution in [2.75, 3.05) is 33.1 Å². The van der Waals surface area contributed by atoms with Gasteiger partial charge in [-0.05, 0) is 68.5 Å². The number of hydrogen-bond acceptors (Lipinski definition) is 7. The molecular weight excluding hydrogens is 464 g/mol. The van der Waals surface area contributed by atoms with E-state index in [0.29, 0.717) is 31.5 Å². The minimum Gasteiger partial charge on any atom is -0.497 e. The van der Waals surface area contributed by atoms with Crippen LogP contribution < -0.4 is 10.1 Å². The second kappa shape index (κ2) is 11.4. The summed E-state index contributed by atoms with van der Waals surface area (Å²) in [4.78, 5) is 20.7. The summed E-state index contributed by atoms with van der Waals surface area (Å²) in [6.07, 6.45) is 2.75. The van der Waals surface area contributed by atoms with Crippen molar-refractivity contribution in [1.82, 2.24) is 20.4 Å². The Kier molecular flexibility index (Phi) is 8.09. The van der Waals surface area contributed by atoms with E-state index in [1.807, 2.05) is 68.6 Å². The first-order valence-electron chi connectivity index (χ1n) is 11.5. The fraction of sp³-hybridized carbons (Fsp3) is 0.346. The van der Waals surface area contributed by atoms with Crippen molar-refractivity contribution < 1.29 is 18.8 Å². The molecule has 0 saturated carbocycles. The molecule has 9 heteroatoms. The number of ether oxygens (including phenoxy) is 2. The molecule has 1 atom stereocenters. The molecule has 0 spiro atoms. The Morgan fingerprint density at radius 3 is 2.54 bits per heavy atom. The van der Waals surface area contributed by atoms with E-state index in [-0.39, 0.29) is 6.03 Å². The number of urea groups is 1. The van der Waals surface area contributed by atoms with Gasteiger partial charge in [-0.1, -0.05) is 17.3 Å². The van der Waals surface area contributed by atoms with E-state index in [4.69, 9.17) is 19.0 Å². The number of thioether (sulfide) groups is 1. The van der Waals surface area contributed by atoms with Gasteiger partial charge < -0.3 is 19.3 Å². The molecule has 0 aliphatic carbocycles. The molecule has 35 heavy (non-hydrogen) atoms. The highest BCUT2D eigenvalue weighted by atomic mass is 32.2. The van der Waals surface area contributed by atoms with Crippen LogP contribution in [0.4, 0.5) is 4.79 Å². The first-order valence-corrected chi connectivity index (χ1v) is 12.8. The summed E-state index contributed by atoms with van der Waals surface area (Å²) in [5.74, 6) is 1.62. The Hall–Kier alpha value is -3.30. The zero-order valence-corrected chi connectivity index (χ0v) is 21.2. The summed E-state index contributed by atoms with van der Waals surface area (Å²) in [6.45, 7) is 5.63. The number of rotatable bonds is 10. The van der Waals surface area contributed by atoms with Gasteiger partial charge in [-0.25, -0.2) is 4.79 Å². The molecule has 1 aliphatic rings. The van der Waals surface area contributed by atoms with Crippen LogP contribution in [0.5, 0.6) is 5.75 Å². The van der Waals surface area contributed by atoms with Gasteiger partial charge in [0.25, 0.3) is 5.89 Å². The molecule has 0 bridgehead atoms. The number of carbonyl (C=O) groups is 1. The molecule has 3 aromatic rings. The van der Waals surface area contributed by atoms with Gasteiger partial charge in [0.05, 0.1) is 18.7 Å². The van der Waals surface area contributed by atoms with E-state index in [9.17, 15) is 4.79 Å². The summed E-state index contributed by atoms with van der Waals surface area (Å²) in [5.41, 5.74) is 3.31. The SMILES string of the molecule is CCOCCCN1C(=O)NC(c2ccc(OC)cc2)C(c2nc(-c3ccc(SC)cc3)no2)=C1C. The molecule has 0 radical (unpaired) electrons. The predicted molar refractivity (Wildman–Crippen MR) is 136 cm³/mol. The number of benzene rings is 2. The van der Waals surface area contributed by atoms with E-state index in [1.165, 1.54) is 0 Å². The molecule has 8 nitrogen and oxygen atoms in total. The Morgan fingerprint density at radius 2 is 1.89 bits per heavy atom. The zero-order valence-electron chi connectivity index (χ0n) is 20.4. The van der Waals surface area contributed by atoms with Crippen LogP contribution in [0.25, 0.3) is 17.0 Å². The van der Waals surface area contributed by atoms with Gasteiger partial charge in [0, 0.05) is 35.9 Å². The van der Waals surface area contributed by atoms with Crippen LogP contribution in [0, 0.1) is 0 Å². The molecule has 0 fully saturated rings. The largest absolute Gasteiger partial charge is 0.497 e. The van der Waals surface area contributed by atoms with Crippen molar-refractivity contribution in [3.05, 3.63) is 65.7 Å². The summed E-state index contributed by atoms with van der Waals surface area (Å²) in [6, 6.07) is 15.0. The van der Waals surface area contributed by atoms with Crippen LogP contribution in [0.1, 0.15) is 37.8 Å². The second-order valence-corrected chi connectivity index (χ2v) is 8.89. The van der Waals surface area contributed by atoms with Gasteiger partial charge in [0.1, 0.15) is 5.75 Å². The Morgan fingerprint density at radius 1 is 1.14 bits per heavy atom. The molecule has 0 saturated heterocycles. The quantitative estimate of drug-likeness (QED) is 0.298. The van der Waals surface area contributed by atoms with Gasteiger partial charge in [0.2, 0.25) is 5.82 Å². The fourth-order valence-electron chi connectivity index (χ4n) is 4.03. The van der Waals surface area contributed by atoms with Crippen LogP contribution in [0.15, 0.2) is 63.6 Å². The van der Waals surface area contributed by atoms with Crippen molar-refractivity contribution in [2.24, 2.45) is 0 Å². The maximum atomic E-state index is 13.1. The molecule has 1 N–H and O–H groups in total. The average molecular weight is 495 g/mol. The van der Waals surface area contributed by atoms with Gasteiger partial charge in [-0.3, -0.25) is 4.90 Å².